The minimum Gasteiger partial charge on any atom is -0.461 e. The van der Waals surface area contributed by atoms with Gasteiger partial charge in [0.15, 0.2) is 6.29 Å². The zero-order chi connectivity index (χ0) is 12.3. The van der Waals surface area contributed by atoms with Gasteiger partial charge in [-0.1, -0.05) is 18.2 Å². The number of nitrogens with zero attached hydrogens (tertiary/aromatic N) is 1. The second kappa shape index (κ2) is 4.74. The van der Waals surface area contributed by atoms with Crippen LogP contribution in [0, 0.1) is 0 Å². The number of para-hydroxylation sites is 1. The number of carbonyl (C=O) groups is 2. The van der Waals surface area contributed by atoms with Crippen molar-refractivity contribution in [1.82, 2.24) is 4.98 Å². The third kappa shape index (κ3) is 2.15. The van der Waals surface area contributed by atoms with E-state index >= 15 is 0 Å². The first-order chi connectivity index (χ1) is 8.26. The molecule has 0 fully saturated rings. The van der Waals surface area contributed by atoms with Crippen molar-refractivity contribution in [3.05, 3.63) is 41.6 Å². The number of rotatable bonds is 3. The van der Waals surface area contributed by atoms with Gasteiger partial charge in [-0.25, -0.2) is 9.78 Å². The van der Waals surface area contributed by atoms with Gasteiger partial charge in [0, 0.05) is 10.9 Å². The van der Waals surface area contributed by atoms with Crippen molar-refractivity contribution in [2.24, 2.45) is 0 Å². The highest BCUT2D eigenvalue weighted by Crippen LogP contribution is 2.17. The molecule has 0 N–H and O–H groups in total. The van der Waals surface area contributed by atoms with Crippen LogP contribution in [-0.4, -0.2) is 23.8 Å². The number of aldehydes is 1. The maximum absolute atomic E-state index is 11.6. The van der Waals surface area contributed by atoms with E-state index in [0.29, 0.717) is 17.4 Å². The van der Waals surface area contributed by atoms with Gasteiger partial charge in [-0.05, 0) is 19.1 Å². The predicted molar refractivity (Wildman–Crippen MR) is 63.1 cm³/mol. The molecule has 4 heteroatoms. The highest BCUT2D eigenvalue weighted by Gasteiger charge is 2.12. The number of esters is 1. The average molecular weight is 229 g/mol. The highest BCUT2D eigenvalue weighted by molar-refractivity contribution is 6.00. The standard InChI is InChI=1S/C13H11NO3/c1-2-17-13(16)12-7-9(8-15)10-5-3-4-6-11(10)14-12/h3-8H,2H2,1H3. The van der Waals surface area contributed by atoms with Crippen molar-refractivity contribution in [1.29, 1.82) is 0 Å². The molecule has 0 atom stereocenters. The molecule has 0 bridgehead atoms. The van der Waals surface area contributed by atoms with Crippen LogP contribution in [0.2, 0.25) is 0 Å². The van der Waals surface area contributed by atoms with Crippen molar-refractivity contribution >= 4 is 23.2 Å². The van der Waals surface area contributed by atoms with Gasteiger partial charge < -0.3 is 4.74 Å². The first-order valence-electron chi connectivity index (χ1n) is 5.28. The molecule has 1 heterocycles. The highest BCUT2D eigenvalue weighted by atomic mass is 16.5. The van der Waals surface area contributed by atoms with Crippen LogP contribution in [0.5, 0.6) is 0 Å². The summed E-state index contributed by atoms with van der Waals surface area (Å²) >= 11 is 0. The van der Waals surface area contributed by atoms with E-state index in [1.54, 1.807) is 25.1 Å². The molecule has 0 aliphatic carbocycles. The van der Waals surface area contributed by atoms with E-state index in [4.69, 9.17) is 4.74 Å². The SMILES string of the molecule is CCOC(=O)c1cc(C=O)c2ccccc2n1. The molecule has 0 saturated heterocycles. The Morgan fingerprint density at radius 2 is 2.18 bits per heavy atom. The number of hydrogen-bond acceptors (Lipinski definition) is 4. The lowest BCUT2D eigenvalue weighted by Gasteiger charge is -2.04. The Hall–Kier alpha value is -2.23. The summed E-state index contributed by atoms with van der Waals surface area (Å²) in [5.74, 6) is -0.513. The van der Waals surface area contributed by atoms with Gasteiger partial charge in [-0.15, -0.1) is 0 Å². The molecule has 0 aliphatic rings. The van der Waals surface area contributed by atoms with Crippen LogP contribution in [0.1, 0.15) is 27.8 Å². The summed E-state index contributed by atoms with van der Waals surface area (Å²) in [6.07, 6.45) is 0.715. The monoisotopic (exact) mass is 229 g/mol. The van der Waals surface area contributed by atoms with E-state index < -0.39 is 5.97 Å². The molecule has 86 valence electrons. The topological polar surface area (TPSA) is 56.3 Å². The maximum Gasteiger partial charge on any atom is 0.356 e. The lowest BCUT2D eigenvalue weighted by molar-refractivity contribution is 0.0520. The minimum absolute atomic E-state index is 0.160. The Bertz CT molecular complexity index is 578. The van der Waals surface area contributed by atoms with E-state index in [9.17, 15) is 9.59 Å². The minimum atomic E-state index is -0.513. The van der Waals surface area contributed by atoms with Gasteiger partial charge in [-0.2, -0.15) is 0 Å². The van der Waals surface area contributed by atoms with Crippen LogP contribution in [0.15, 0.2) is 30.3 Å². The smallest absolute Gasteiger partial charge is 0.356 e. The molecule has 17 heavy (non-hydrogen) atoms. The normalized spacial score (nSPS) is 10.2. The quantitative estimate of drug-likeness (QED) is 0.598. The van der Waals surface area contributed by atoms with E-state index in [1.807, 2.05) is 6.07 Å². The molecule has 0 spiro atoms. The van der Waals surface area contributed by atoms with E-state index in [-0.39, 0.29) is 12.3 Å². The summed E-state index contributed by atoms with van der Waals surface area (Å²) in [5.41, 5.74) is 1.21. The summed E-state index contributed by atoms with van der Waals surface area (Å²) in [7, 11) is 0. The van der Waals surface area contributed by atoms with Crippen LogP contribution >= 0.6 is 0 Å². The van der Waals surface area contributed by atoms with E-state index in [2.05, 4.69) is 4.98 Å². The molecule has 1 aromatic heterocycles. The second-order valence-electron chi connectivity index (χ2n) is 3.45. The molecular weight excluding hydrogens is 218 g/mol. The van der Waals surface area contributed by atoms with Crippen LogP contribution in [0.3, 0.4) is 0 Å². The number of fused-ring (bicyclic) bond motifs is 1. The van der Waals surface area contributed by atoms with Gasteiger partial charge >= 0.3 is 5.97 Å². The summed E-state index contributed by atoms with van der Waals surface area (Å²) in [5, 5.41) is 0.732. The van der Waals surface area contributed by atoms with Gasteiger partial charge in [0.25, 0.3) is 0 Å². The van der Waals surface area contributed by atoms with Crippen molar-refractivity contribution in [2.45, 2.75) is 6.92 Å². The summed E-state index contributed by atoms with van der Waals surface area (Å²) in [6, 6.07) is 8.62. The maximum atomic E-state index is 11.6. The zero-order valence-electron chi connectivity index (χ0n) is 9.34. The van der Waals surface area contributed by atoms with Crippen molar-refractivity contribution in [3.8, 4) is 0 Å². The van der Waals surface area contributed by atoms with Gasteiger partial charge in [-0.3, -0.25) is 4.79 Å². The predicted octanol–water partition coefficient (Wildman–Crippen LogP) is 2.22. The van der Waals surface area contributed by atoms with Gasteiger partial charge in [0.2, 0.25) is 0 Å². The van der Waals surface area contributed by atoms with Crippen LogP contribution in [0.4, 0.5) is 0 Å². The fourth-order valence-electron chi connectivity index (χ4n) is 1.61. The van der Waals surface area contributed by atoms with Crippen molar-refractivity contribution in [3.63, 3.8) is 0 Å². The van der Waals surface area contributed by atoms with Gasteiger partial charge in [0.1, 0.15) is 5.69 Å². The third-order valence-electron chi connectivity index (χ3n) is 2.36. The Morgan fingerprint density at radius 1 is 1.41 bits per heavy atom. The first kappa shape index (κ1) is 11.3. The van der Waals surface area contributed by atoms with E-state index in [1.165, 1.54) is 6.07 Å². The number of benzene rings is 1. The van der Waals surface area contributed by atoms with Crippen LogP contribution < -0.4 is 0 Å². The Kier molecular flexibility index (Phi) is 3.14. The summed E-state index contributed by atoms with van der Waals surface area (Å²) in [6.45, 7) is 2.00. The molecule has 2 aromatic rings. The summed E-state index contributed by atoms with van der Waals surface area (Å²) < 4.78 is 4.86. The second-order valence-corrected chi connectivity index (χ2v) is 3.45. The summed E-state index contributed by atoms with van der Waals surface area (Å²) in [4.78, 5) is 26.7. The molecule has 1 aromatic carbocycles. The van der Waals surface area contributed by atoms with Crippen molar-refractivity contribution < 1.29 is 14.3 Å². The molecule has 2 rings (SSSR count). The molecule has 0 radical (unpaired) electrons. The zero-order valence-corrected chi connectivity index (χ0v) is 9.34. The van der Waals surface area contributed by atoms with Crippen molar-refractivity contribution in [2.75, 3.05) is 6.61 Å². The Labute approximate surface area is 98.2 Å². The lowest BCUT2D eigenvalue weighted by Crippen LogP contribution is -2.08. The molecular formula is C13H11NO3. The molecule has 0 saturated carbocycles. The number of ether oxygens (including phenoxy) is 1. The van der Waals surface area contributed by atoms with Crippen LogP contribution in [-0.2, 0) is 4.74 Å². The molecule has 0 amide bonds. The number of pyridine rings is 1. The third-order valence-corrected chi connectivity index (χ3v) is 2.36. The Balaban J connectivity index is 2.60. The van der Waals surface area contributed by atoms with Gasteiger partial charge in [0.05, 0.1) is 12.1 Å². The Morgan fingerprint density at radius 3 is 2.88 bits per heavy atom. The number of hydrogen-bond donors (Lipinski definition) is 0. The largest absolute Gasteiger partial charge is 0.461 e. The van der Waals surface area contributed by atoms with E-state index in [0.717, 1.165) is 5.39 Å². The molecule has 0 aliphatic heterocycles. The molecule has 4 nitrogen and oxygen atoms in total. The molecule has 0 unspecified atom stereocenters. The lowest BCUT2D eigenvalue weighted by atomic mass is 10.1. The van der Waals surface area contributed by atoms with Crippen LogP contribution in [0.25, 0.3) is 10.9 Å². The fourth-order valence-corrected chi connectivity index (χ4v) is 1.61. The first-order valence-corrected chi connectivity index (χ1v) is 5.28. The average Bonchev–Trinajstić information content (AvgIpc) is 2.37. The fraction of sp³-hybridized carbons (Fsp3) is 0.154. The number of aromatic nitrogens is 1. The number of carbonyl (C=O) groups excluding carboxylic acids is 2.